The summed E-state index contributed by atoms with van der Waals surface area (Å²) in [6.45, 7) is 1.14. The molecule has 0 spiro atoms. The average molecular weight is 151 g/mol. The third kappa shape index (κ3) is 3.16. The first-order valence-electron chi connectivity index (χ1n) is 2.10. The molecule has 0 aliphatic carbocycles. The van der Waals surface area contributed by atoms with Gasteiger partial charge in [0, 0.05) is 0 Å². The molecule has 9 heavy (non-hydrogen) atoms. The van der Waals surface area contributed by atoms with Crippen molar-refractivity contribution in [1.29, 1.82) is 0 Å². The summed E-state index contributed by atoms with van der Waals surface area (Å²) in [7, 11) is -4.20. The minimum absolute atomic E-state index is 1.06. The monoisotopic (exact) mass is 151 g/mol. The van der Waals surface area contributed by atoms with Crippen LogP contribution in [0.4, 0.5) is 0 Å². The Hall–Kier alpha value is -0.470. The second-order valence-electron chi connectivity index (χ2n) is 1.44. The minimum atomic E-state index is -4.20. The number of nitrogens with zero attached hydrogens (tertiary/aromatic N) is 1. The molecule has 0 saturated heterocycles. The minimum Gasteiger partial charge on any atom is -0.323 e. The zero-order valence-corrected chi connectivity index (χ0v) is 5.58. The largest absolute Gasteiger partial charge is 0.350 e. The highest BCUT2D eigenvalue weighted by Gasteiger charge is 2.22. The molecule has 0 bridgehead atoms. The van der Waals surface area contributed by atoms with Crippen molar-refractivity contribution in [2.75, 3.05) is 0 Å². The van der Waals surface area contributed by atoms with Crippen LogP contribution in [0.25, 0.3) is 0 Å². The van der Waals surface area contributed by atoms with E-state index in [1.54, 1.807) is 0 Å². The molecule has 0 heterocycles. The lowest BCUT2D eigenvalue weighted by molar-refractivity contribution is 0.361. The Morgan fingerprint density at radius 2 is 2.11 bits per heavy atom. The van der Waals surface area contributed by atoms with Crippen molar-refractivity contribution in [1.82, 2.24) is 0 Å². The first-order valence-corrected chi connectivity index (χ1v) is 3.79. The molecule has 2 N–H and O–H groups in total. The predicted octanol–water partition coefficient (Wildman–Crippen LogP) is -0.154. The number of hydrogen-bond donors (Lipinski definition) is 2. The molecular formula is C3H6NO4P. The number of hydrogen-bond acceptors (Lipinski definition) is 3. The molecule has 0 aromatic heterocycles. The van der Waals surface area contributed by atoms with Gasteiger partial charge in [-0.2, -0.15) is 4.99 Å². The van der Waals surface area contributed by atoms with Crippen molar-refractivity contribution in [2.45, 2.75) is 12.7 Å². The van der Waals surface area contributed by atoms with Crippen LogP contribution >= 0.6 is 7.60 Å². The van der Waals surface area contributed by atoms with Crippen LogP contribution in [0.15, 0.2) is 4.99 Å². The number of aliphatic imine (C=N–C) groups is 1. The zero-order valence-electron chi connectivity index (χ0n) is 4.68. The maximum absolute atomic E-state index is 10.1. The van der Waals surface area contributed by atoms with Gasteiger partial charge in [0.05, 0.1) is 0 Å². The predicted molar refractivity (Wildman–Crippen MR) is 29.6 cm³/mol. The Labute approximate surface area is 51.6 Å². The molecule has 0 saturated carbocycles. The summed E-state index contributed by atoms with van der Waals surface area (Å²) in [6, 6.07) is 0. The van der Waals surface area contributed by atoms with Crippen molar-refractivity contribution >= 4 is 13.7 Å². The van der Waals surface area contributed by atoms with Crippen LogP contribution in [-0.2, 0) is 9.36 Å². The van der Waals surface area contributed by atoms with E-state index in [1.165, 1.54) is 0 Å². The normalized spacial score (nSPS) is 14.1. The first-order chi connectivity index (χ1) is 3.98. The molecule has 5 nitrogen and oxygen atoms in total. The molecule has 0 aliphatic heterocycles. The summed E-state index contributed by atoms with van der Waals surface area (Å²) < 4.78 is 10.1. The van der Waals surface area contributed by atoms with E-state index in [9.17, 15) is 9.36 Å². The molecular weight excluding hydrogens is 145 g/mol. The Bertz CT molecular complexity index is 178. The van der Waals surface area contributed by atoms with Gasteiger partial charge >= 0.3 is 7.60 Å². The fourth-order valence-electron chi connectivity index (χ4n) is 0.151. The Kier molecular flexibility index (Phi) is 2.74. The van der Waals surface area contributed by atoms with Crippen molar-refractivity contribution in [3.63, 3.8) is 0 Å². The van der Waals surface area contributed by atoms with Crippen molar-refractivity contribution in [3.8, 4) is 0 Å². The van der Waals surface area contributed by atoms with Gasteiger partial charge in [0.25, 0.3) is 0 Å². The van der Waals surface area contributed by atoms with Gasteiger partial charge in [0.1, 0.15) is 0 Å². The third-order valence-electron chi connectivity index (χ3n) is 0.726. The summed E-state index contributed by atoms with van der Waals surface area (Å²) in [5.74, 6) is -1.27. The molecule has 1 atom stereocenters. The Balaban J connectivity index is 4.22. The quantitative estimate of drug-likeness (QED) is 0.326. The molecule has 0 radical (unpaired) electrons. The van der Waals surface area contributed by atoms with E-state index < -0.39 is 13.4 Å². The van der Waals surface area contributed by atoms with Crippen LogP contribution in [0.2, 0.25) is 0 Å². The molecule has 0 aromatic rings. The van der Waals surface area contributed by atoms with Gasteiger partial charge in [-0.3, -0.25) is 4.57 Å². The summed E-state index contributed by atoms with van der Waals surface area (Å²) >= 11 is 0. The standard InChI is InChI=1S/C3H6NO4P/c1-3(4-2-5)9(6,7)8/h3H,1H3,(H2,6,7,8). The van der Waals surface area contributed by atoms with E-state index in [0.717, 1.165) is 13.0 Å². The van der Waals surface area contributed by atoms with Crippen LogP contribution in [0.1, 0.15) is 6.92 Å². The van der Waals surface area contributed by atoms with Gasteiger partial charge in [-0.25, -0.2) is 4.79 Å². The van der Waals surface area contributed by atoms with Crippen LogP contribution in [-0.4, -0.2) is 21.6 Å². The Morgan fingerprint density at radius 3 is 2.22 bits per heavy atom. The highest BCUT2D eigenvalue weighted by Crippen LogP contribution is 2.40. The van der Waals surface area contributed by atoms with Crippen LogP contribution in [0, 0.1) is 0 Å². The van der Waals surface area contributed by atoms with Crippen molar-refractivity contribution in [2.24, 2.45) is 4.99 Å². The smallest absolute Gasteiger partial charge is 0.323 e. The van der Waals surface area contributed by atoms with Gasteiger partial charge in [-0.05, 0) is 6.92 Å². The molecule has 52 valence electrons. The van der Waals surface area contributed by atoms with Crippen molar-refractivity contribution in [3.05, 3.63) is 0 Å². The summed E-state index contributed by atoms with van der Waals surface area (Å²) in [6.07, 6.45) is 1.06. The van der Waals surface area contributed by atoms with Gasteiger partial charge in [0.2, 0.25) is 6.08 Å². The lowest BCUT2D eigenvalue weighted by Crippen LogP contribution is -1.97. The average Bonchev–Trinajstić information content (AvgIpc) is 1.64. The maximum Gasteiger partial charge on any atom is 0.350 e. The van der Waals surface area contributed by atoms with E-state index in [0.29, 0.717) is 0 Å². The lowest BCUT2D eigenvalue weighted by Gasteiger charge is -2.03. The number of rotatable bonds is 2. The SMILES string of the molecule is CC(N=C=O)P(=O)(O)O. The lowest BCUT2D eigenvalue weighted by atomic mass is 10.8. The zero-order chi connectivity index (χ0) is 7.49. The van der Waals surface area contributed by atoms with Crippen LogP contribution in [0.5, 0.6) is 0 Å². The Morgan fingerprint density at radius 1 is 1.67 bits per heavy atom. The summed E-state index contributed by atoms with van der Waals surface area (Å²) in [4.78, 5) is 28.8. The molecule has 0 aromatic carbocycles. The van der Waals surface area contributed by atoms with Crippen LogP contribution < -0.4 is 0 Å². The van der Waals surface area contributed by atoms with E-state index in [2.05, 4.69) is 4.99 Å². The molecule has 0 amide bonds. The van der Waals surface area contributed by atoms with Crippen LogP contribution in [0.3, 0.4) is 0 Å². The molecule has 0 rings (SSSR count). The summed E-state index contributed by atoms with van der Waals surface area (Å²) in [5, 5.41) is 0. The molecule has 6 heteroatoms. The first kappa shape index (κ1) is 8.53. The van der Waals surface area contributed by atoms with E-state index >= 15 is 0 Å². The number of carbonyl (C=O) groups excluding carboxylic acids is 1. The van der Waals surface area contributed by atoms with E-state index in [-0.39, 0.29) is 0 Å². The van der Waals surface area contributed by atoms with E-state index in [1.807, 2.05) is 0 Å². The van der Waals surface area contributed by atoms with E-state index in [4.69, 9.17) is 9.79 Å². The molecule has 0 aliphatic rings. The van der Waals surface area contributed by atoms with Gasteiger partial charge in [0.15, 0.2) is 5.78 Å². The highest BCUT2D eigenvalue weighted by atomic mass is 31.2. The second-order valence-corrected chi connectivity index (χ2v) is 3.37. The van der Waals surface area contributed by atoms with Crippen molar-refractivity contribution < 1.29 is 19.1 Å². The van der Waals surface area contributed by atoms with Gasteiger partial charge in [-0.15, -0.1) is 0 Å². The third-order valence-corrected chi connectivity index (χ3v) is 1.82. The molecule has 0 fully saturated rings. The molecule has 1 unspecified atom stereocenters. The fraction of sp³-hybridized carbons (Fsp3) is 0.667. The topological polar surface area (TPSA) is 87.0 Å². The maximum atomic E-state index is 10.1. The fourth-order valence-corrected chi connectivity index (χ4v) is 0.349. The van der Waals surface area contributed by atoms with Gasteiger partial charge in [-0.1, -0.05) is 0 Å². The van der Waals surface area contributed by atoms with Gasteiger partial charge < -0.3 is 9.79 Å². The highest BCUT2D eigenvalue weighted by molar-refractivity contribution is 7.52. The summed E-state index contributed by atoms with van der Waals surface area (Å²) in [5.41, 5.74) is 0. The second kappa shape index (κ2) is 2.90. The number of isocyanates is 1.